The number of carbonyl (C=O) groups excluding carboxylic acids is 1. The normalized spacial score (nSPS) is 9.42. The Bertz CT molecular complexity index is 314. The van der Waals surface area contributed by atoms with E-state index in [0.717, 1.165) is 0 Å². The van der Waals surface area contributed by atoms with Crippen molar-refractivity contribution in [2.75, 3.05) is 5.32 Å². The number of primary amides is 1. The molecule has 0 spiro atoms. The van der Waals surface area contributed by atoms with Gasteiger partial charge in [-0.25, -0.2) is 4.79 Å². The standard InChI is InChI=1S/C7H7ClN2O2/c8-5-2-1-4(11)3-6(5)10-7(9)12/h1-3,11H,(H3,9,10,12). The molecule has 1 aromatic carbocycles. The highest BCUT2D eigenvalue weighted by Gasteiger charge is 2.02. The van der Waals surface area contributed by atoms with E-state index in [4.69, 9.17) is 22.4 Å². The van der Waals surface area contributed by atoms with Gasteiger partial charge in [-0.1, -0.05) is 11.6 Å². The third kappa shape index (κ3) is 2.03. The first-order chi connectivity index (χ1) is 5.59. The Morgan fingerprint density at radius 2 is 2.25 bits per heavy atom. The van der Waals surface area contributed by atoms with Gasteiger partial charge in [0.25, 0.3) is 0 Å². The first-order valence-corrected chi connectivity index (χ1v) is 3.52. The van der Waals surface area contributed by atoms with Gasteiger partial charge in [0.2, 0.25) is 0 Å². The van der Waals surface area contributed by atoms with Gasteiger partial charge in [-0.2, -0.15) is 0 Å². The summed E-state index contributed by atoms with van der Waals surface area (Å²) in [5, 5.41) is 11.6. The third-order valence-corrected chi connectivity index (χ3v) is 1.54. The Hall–Kier alpha value is -1.42. The molecule has 0 saturated heterocycles. The second kappa shape index (κ2) is 3.32. The maximum Gasteiger partial charge on any atom is 0.316 e. The van der Waals surface area contributed by atoms with Crippen LogP contribution in [0.1, 0.15) is 0 Å². The zero-order valence-electron chi connectivity index (χ0n) is 6.04. The first-order valence-electron chi connectivity index (χ1n) is 3.14. The zero-order valence-corrected chi connectivity index (χ0v) is 6.80. The first kappa shape index (κ1) is 8.67. The second-order valence-electron chi connectivity index (χ2n) is 2.15. The lowest BCUT2D eigenvalue weighted by Gasteiger charge is -2.03. The summed E-state index contributed by atoms with van der Waals surface area (Å²) in [7, 11) is 0. The van der Waals surface area contributed by atoms with Crippen molar-refractivity contribution >= 4 is 23.3 Å². The molecule has 0 bridgehead atoms. The maximum absolute atomic E-state index is 10.4. The van der Waals surface area contributed by atoms with E-state index in [9.17, 15) is 4.79 Å². The van der Waals surface area contributed by atoms with E-state index in [0.29, 0.717) is 10.7 Å². The van der Waals surface area contributed by atoms with Gasteiger partial charge in [0.15, 0.2) is 0 Å². The van der Waals surface area contributed by atoms with E-state index < -0.39 is 6.03 Å². The third-order valence-electron chi connectivity index (χ3n) is 1.21. The molecular formula is C7H7ClN2O2. The zero-order chi connectivity index (χ0) is 9.14. The van der Waals surface area contributed by atoms with Gasteiger partial charge in [0.1, 0.15) is 5.75 Å². The number of halogens is 1. The number of aromatic hydroxyl groups is 1. The largest absolute Gasteiger partial charge is 0.508 e. The number of benzene rings is 1. The van der Waals surface area contributed by atoms with Crippen LogP contribution < -0.4 is 11.1 Å². The molecule has 0 aliphatic carbocycles. The molecule has 4 nitrogen and oxygen atoms in total. The fourth-order valence-electron chi connectivity index (χ4n) is 0.742. The highest BCUT2D eigenvalue weighted by atomic mass is 35.5. The molecule has 5 heteroatoms. The molecular weight excluding hydrogens is 180 g/mol. The summed E-state index contributed by atoms with van der Waals surface area (Å²) in [6.07, 6.45) is 0. The van der Waals surface area contributed by atoms with E-state index in [2.05, 4.69) is 5.32 Å². The number of rotatable bonds is 1. The Kier molecular flexibility index (Phi) is 2.40. The monoisotopic (exact) mass is 186 g/mol. The van der Waals surface area contributed by atoms with Crippen LogP contribution in [0.15, 0.2) is 18.2 Å². The topological polar surface area (TPSA) is 75.4 Å². The van der Waals surface area contributed by atoms with Crippen LogP contribution in [0, 0.1) is 0 Å². The summed E-state index contributed by atoms with van der Waals surface area (Å²) in [6, 6.07) is 3.46. The van der Waals surface area contributed by atoms with E-state index in [1.165, 1.54) is 18.2 Å². The lowest BCUT2D eigenvalue weighted by molar-refractivity contribution is 0.259. The van der Waals surface area contributed by atoms with Crippen molar-refractivity contribution < 1.29 is 9.90 Å². The Morgan fingerprint density at radius 3 is 2.83 bits per heavy atom. The lowest BCUT2D eigenvalue weighted by atomic mass is 10.3. The van der Waals surface area contributed by atoms with E-state index in [1.54, 1.807) is 0 Å². The quantitative estimate of drug-likeness (QED) is 0.622. The van der Waals surface area contributed by atoms with Crippen molar-refractivity contribution in [3.05, 3.63) is 23.2 Å². The van der Waals surface area contributed by atoms with Crippen molar-refractivity contribution in [3.8, 4) is 5.75 Å². The van der Waals surface area contributed by atoms with Crippen molar-refractivity contribution in [3.63, 3.8) is 0 Å². The number of hydrogen-bond donors (Lipinski definition) is 3. The number of hydrogen-bond acceptors (Lipinski definition) is 2. The van der Waals surface area contributed by atoms with Gasteiger partial charge in [0, 0.05) is 6.07 Å². The van der Waals surface area contributed by atoms with Crippen LogP contribution in [-0.4, -0.2) is 11.1 Å². The minimum absolute atomic E-state index is 0.0168. The van der Waals surface area contributed by atoms with Crippen LogP contribution in [-0.2, 0) is 0 Å². The fraction of sp³-hybridized carbons (Fsp3) is 0. The fourth-order valence-corrected chi connectivity index (χ4v) is 0.907. The number of amides is 2. The molecule has 0 fully saturated rings. The van der Waals surface area contributed by atoms with E-state index in [1.807, 2.05) is 0 Å². The molecule has 0 aliphatic rings. The SMILES string of the molecule is NC(=O)Nc1cc(O)ccc1Cl. The molecule has 0 aromatic heterocycles. The van der Waals surface area contributed by atoms with Gasteiger partial charge >= 0.3 is 6.03 Å². The molecule has 0 saturated carbocycles. The van der Waals surface area contributed by atoms with Crippen molar-refractivity contribution in [1.82, 2.24) is 0 Å². The molecule has 0 atom stereocenters. The van der Waals surface area contributed by atoms with Crippen molar-refractivity contribution in [2.45, 2.75) is 0 Å². The minimum Gasteiger partial charge on any atom is -0.508 e. The van der Waals surface area contributed by atoms with Gasteiger partial charge in [-0.15, -0.1) is 0 Å². The maximum atomic E-state index is 10.4. The molecule has 0 heterocycles. The molecule has 0 radical (unpaired) electrons. The smallest absolute Gasteiger partial charge is 0.316 e. The molecule has 1 aromatic rings. The summed E-state index contributed by atoms with van der Waals surface area (Å²) in [4.78, 5) is 10.4. The number of urea groups is 1. The molecule has 1 rings (SSSR count). The number of phenolic OH excluding ortho intramolecular Hbond substituents is 1. The van der Waals surface area contributed by atoms with Crippen molar-refractivity contribution in [1.29, 1.82) is 0 Å². The van der Waals surface area contributed by atoms with Gasteiger partial charge in [0.05, 0.1) is 10.7 Å². The Balaban J connectivity index is 2.97. The summed E-state index contributed by atoms with van der Waals surface area (Å²) < 4.78 is 0. The van der Waals surface area contributed by atoms with Gasteiger partial charge in [-0.3, -0.25) is 0 Å². The summed E-state index contributed by atoms with van der Waals surface area (Å²) in [5.41, 5.74) is 5.15. The number of phenols is 1. The molecule has 0 unspecified atom stereocenters. The van der Waals surface area contributed by atoms with Crippen LogP contribution in [0.25, 0.3) is 0 Å². The highest BCUT2D eigenvalue weighted by Crippen LogP contribution is 2.25. The average molecular weight is 187 g/mol. The molecule has 64 valence electrons. The van der Waals surface area contributed by atoms with Crippen LogP contribution >= 0.6 is 11.6 Å². The van der Waals surface area contributed by atoms with Crippen molar-refractivity contribution in [2.24, 2.45) is 5.73 Å². The van der Waals surface area contributed by atoms with Crippen LogP contribution in [0.4, 0.5) is 10.5 Å². The predicted molar refractivity (Wildman–Crippen MR) is 46.3 cm³/mol. The minimum atomic E-state index is -0.720. The van der Waals surface area contributed by atoms with Crippen LogP contribution in [0.2, 0.25) is 5.02 Å². The molecule has 4 N–H and O–H groups in total. The molecule has 2 amide bonds. The van der Waals surface area contributed by atoms with Gasteiger partial charge in [-0.05, 0) is 12.1 Å². The molecule has 0 aliphatic heterocycles. The molecule has 12 heavy (non-hydrogen) atoms. The highest BCUT2D eigenvalue weighted by molar-refractivity contribution is 6.33. The van der Waals surface area contributed by atoms with Crippen LogP contribution in [0.3, 0.4) is 0 Å². The average Bonchev–Trinajstić information content (AvgIpc) is 1.96. The predicted octanol–water partition coefficient (Wildman–Crippen LogP) is 1.54. The van der Waals surface area contributed by atoms with E-state index in [-0.39, 0.29) is 5.75 Å². The Labute approximate surface area is 73.9 Å². The van der Waals surface area contributed by atoms with E-state index >= 15 is 0 Å². The lowest BCUT2D eigenvalue weighted by Crippen LogP contribution is -2.19. The second-order valence-corrected chi connectivity index (χ2v) is 2.56. The summed E-state index contributed by atoms with van der Waals surface area (Å²) in [5.74, 6) is 0.0168. The number of anilines is 1. The summed E-state index contributed by atoms with van der Waals surface area (Å²) >= 11 is 5.66. The van der Waals surface area contributed by atoms with Gasteiger partial charge < -0.3 is 16.2 Å². The summed E-state index contributed by atoms with van der Waals surface area (Å²) in [6.45, 7) is 0. The number of carbonyl (C=O) groups is 1. The van der Waals surface area contributed by atoms with Crippen LogP contribution in [0.5, 0.6) is 5.75 Å². The Morgan fingerprint density at radius 1 is 1.58 bits per heavy atom. The number of nitrogens with two attached hydrogens (primary N) is 1. The number of nitrogens with one attached hydrogen (secondary N) is 1.